The molecule has 19 heavy (non-hydrogen) atoms. The number of halogens is 1. The van der Waals surface area contributed by atoms with Gasteiger partial charge in [0.05, 0.1) is 5.69 Å². The van der Waals surface area contributed by atoms with Gasteiger partial charge in [-0.3, -0.25) is 0 Å². The molecule has 0 atom stereocenters. The molecule has 4 nitrogen and oxygen atoms in total. The zero-order chi connectivity index (χ0) is 14.0. The second-order valence-corrected chi connectivity index (χ2v) is 7.88. The van der Waals surface area contributed by atoms with Crippen LogP contribution in [-0.2, 0) is 10.0 Å². The minimum Gasteiger partial charge on any atom is -0.398 e. The van der Waals surface area contributed by atoms with Crippen LogP contribution in [-0.4, -0.2) is 25.8 Å². The van der Waals surface area contributed by atoms with Crippen molar-refractivity contribution in [2.45, 2.75) is 43.0 Å². The summed E-state index contributed by atoms with van der Waals surface area (Å²) in [5, 5.41) is 0. The first-order valence-corrected chi connectivity index (χ1v) is 8.69. The molecule has 1 aromatic carbocycles. The van der Waals surface area contributed by atoms with Crippen LogP contribution >= 0.6 is 15.9 Å². The van der Waals surface area contributed by atoms with Crippen molar-refractivity contribution in [2.24, 2.45) is 0 Å². The highest BCUT2D eigenvalue weighted by atomic mass is 79.9. The highest BCUT2D eigenvalue weighted by molar-refractivity contribution is 9.10. The third kappa shape index (κ3) is 3.12. The van der Waals surface area contributed by atoms with Gasteiger partial charge in [-0.25, -0.2) is 8.42 Å². The standard InChI is InChI=1S/C13H19BrN2O2S/c1-16(11-5-3-2-4-6-11)19(17,18)13-8-7-10(14)9-12(13)15/h7-9,11H,2-6,15H2,1H3. The third-order valence-corrected chi connectivity index (χ3v) is 6.20. The predicted molar refractivity (Wildman–Crippen MR) is 80.4 cm³/mol. The van der Waals surface area contributed by atoms with Crippen molar-refractivity contribution in [3.63, 3.8) is 0 Å². The Bertz CT molecular complexity index is 554. The largest absolute Gasteiger partial charge is 0.398 e. The Kier molecular flexibility index (Phi) is 4.53. The maximum atomic E-state index is 12.6. The van der Waals surface area contributed by atoms with E-state index in [2.05, 4.69) is 15.9 Å². The molecule has 0 heterocycles. The van der Waals surface area contributed by atoms with Crippen LogP contribution in [0.25, 0.3) is 0 Å². The second-order valence-electron chi connectivity index (χ2n) is 5.00. The first-order chi connectivity index (χ1) is 8.93. The van der Waals surface area contributed by atoms with Crippen LogP contribution < -0.4 is 5.73 Å². The van der Waals surface area contributed by atoms with Crippen LogP contribution in [0.5, 0.6) is 0 Å². The van der Waals surface area contributed by atoms with Gasteiger partial charge >= 0.3 is 0 Å². The van der Waals surface area contributed by atoms with Gasteiger partial charge in [-0.1, -0.05) is 35.2 Å². The van der Waals surface area contributed by atoms with Gasteiger partial charge in [-0.15, -0.1) is 0 Å². The summed E-state index contributed by atoms with van der Waals surface area (Å²) in [5.74, 6) is 0. The van der Waals surface area contributed by atoms with Crippen LogP contribution in [0.15, 0.2) is 27.6 Å². The lowest BCUT2D eigenvalue weighted by atomic mass is 9.96. The molecule has 1 aliphatic carbocycles. The molecule has 1 aromatic rings. The monoisotopic (exact) mass is 346 g/mol. The van der Waals surface area contributed by atoms with Gasteiger partial charge in [0.2, 0.25) is 10.0 Å². The molecule has 0 amide bonds. The molecule has 1 saturated carbocycles. The first kappa shape index (κ1) is 14.8. The van der Waals surface area contributed by atoms with Crippen LogP contribution in [0.1, 0.15) is 32.1 Å². The lowest BCUT2D eigenvalue weighted by Gasteiger charge is -2.30. The zero-order valence-corrected chi connectivity index (χ0v) is 13.4. The minimum atomic E-state index is -3.50. The number of nitrogens with zero attached hydrogens (tertiary/aromatic N) is 1. The molecule has 0 unspecified atom stereocenters. The van der Waals surface area contributed by atoms with E-state index in [0.29, 0.717) is 0 Å². The zero-order valence-electron chi connectivity index (χ0n) is 11.0. The Labute approximate surface area is 123 Å². The number of sulfonamides is 1. The van der Waals surface area contributed by atoms with Gasteiger partial charge in [0, 0.05) is 17.6 Å². The van der Waals surface area contributed by atoms with E-state index in [9.17, 15) is 8.42 Å². The molecular formula is C13H19BrN2O2S. The Morgan fingerprint density at radius 1 is 1.26 bits per heavy atom. The number of nitrogens with two attached hydrogens (primary N) is 1. The number of rotatable bonds is 3. The third-order valence-electron chi connectivity index (χ3n) is 3.72. The number of benzene rings is 1. The normalized spacial score (nSPS) is 17.8. The van der Waals surface area contributed by atoms with Crippen molar-refractivity contribution in [3.8, 4) is 0 Å². The Morgan fingerprint density at radius 2 is 1.89 bits per heavy atom. The SMILES string of the molecule is CN(C1CCCCC1)S(=O)(=O)c1ccc(Br)cc1N. The average Bonchev–Trinajstić information content (AvgIpc) is 2.38. The molecule has 2 rings (SSSR count). The summed E-state index contributed by atoms with van der Waals surface area (Å²) in [6, 6.07) is 5.00. The maximum absolute atomic E-state index is 12.6. The van der Waals surface area contributed by atoms with E-state index < -0.39 is 10.0 Å². The molecule has 1 fully saturated rings. The van der Waals surface area contributed by atoms with Crippen molar-refractivity contribution in [2.75, 3.05) is 12.8 Å². The molecule has 0 radical (unpaired) electrons. The fourth-order valence-electron chi connectivity index (χ4n) is 2.55. The maximum Gasteiger partial charge on any atom is 0.245 e. The molecule has 0 saturated heterocycles. The summed E-state index contributed by atoms with van der Waals surface area (Å²) in [7, 11) is -1.84. The first-order valence-electron chi connectivity index (χ1n) is 6.46. The van der Waals surface area contributed by atoms with Gasteiger partial charge in [0.1, 0.15) is 4.90 Å². The second kappa shape index (κ2) is 5.81. The predicted octanol–water partition coefficient (Wildman–Crippen LogP) is 2.98. The van der Waals surface area contributed by atoms with Crippen LogP contribution in [0.2, 0.25) is 0 Å². The molecule has 6 heteroatoms. The summed E-state index contributed by atoms with van der Waals surface area (Å²) < 4.78 is 27.5. The lowest BCUT2D eigenvalue weighted by molar-refractivity contribution is 0.286. The van der Waals surface area contributed by atoms with Crippen LogP contribution in [0.4, 0.5) is 5.69 Å². The molecule has 0 aliphatic heterocycles. The van der Waals surface area contributed by atoms with Gasteiger partial charge in [-0.2, -0.15) is 4.31 Å². The van der Waals surface area contributed by atoms with Gasteiger partial charge in [0.25, 0.3) is 0 Å². The van der Waals surface area contributed by atoms with Crippen molar-refractivity contribution in [1.82, 2.24) is 4.31 Å². The summed E-state index contributed by atoms with van der Waals surface area (Å²) in [6.07, 6.45) is 5.27. The molecule has 0 spiro atoms. The van der Waals surface area contributed by atoms with E-state index in [1.165, 1.54) is 10.7 Å². The van der Waals surface area contributed by atoms with Crippen molar-refractivity contribution in [3.05, 3.63) is 22.7 Å². The molecular weight excluding hydrogens is 328 g/mol. The van der Waals surface area contributed by atoms with E-state index in [-0.39, 0.29) is 16.6 Å². The summed E-state index contributed by atoms with van der Waals surface area (Å²) in [6.45, 7) is 0. The molecule has 106 valence electrons. The van der Waals surface area contributed by atoms with E-state index in [1.54, 1.807) is 25.2 Å². The number of nitrogen functional groups attached to an aromatic ring is 1. The van der Waals surface area contributed by atoms with Crippen molar-refractivity contribution in [1.29, 1.82) is 0 Å². The number of hydrogen-bond donors (Lipinski definition) is 1. The molecule has 0 bridgehead atoms. The van der Waals surface area contributed by atoms with E-state index in [4.69, 9.17) is 5.73 Å². The molecule has 0 aromatic heterocycles. The minimum absolute atomic E-state index is 0.0989. The number of anilines is 1. The van der Waals surface area contributed by atoms with Gasteiger partial charge in [0.15, 0.2) is 0 Å². The van der Waals surface area contributed by atoms with Gasteiger partial charge < -0.3 is 5.73 Å². The lowest BCUT2D eigenvalue weighted by Crippen LogP contribution is -2.38. The number of hydrogen-bond acceptors (Lipinski definition) is 3. The van der Waals surface area contributed by atoms with Gasteiger partial charge in [-0.05, 0) is 31.0 Å². The Balaban J connectivity index is 2.30. The summed E-state index contributed by atoms with van der Waals surface area (Å²) in [4.78, 5) is 0.198. The molecule has 1 aliphatic rings. The summed E-state index contributed by atoms with van der Waals surface area (Å²) in [5.41, 5.74) is 6.13. The van der Waals surface area contributed by atoms with E-state index in [0.717, 1.165) is 30.2 Å². The smallest absolute Gasteiger partial charge is 0.245 e. The van der Waals surface area contributed by atoms with Crippen molar-refractivity contribution < 1.29 is 8.42 Å². The van der Waals surface area contributed by atoms with Crippen LogP contribution in [0.3, 0.4) is 0 Å². The average molecular weight is 347 g/mol. The fraction of sp³-hybridized carbons (Fsp3) is 0.538. The fourth-order valence-corrected chi connectivity index (χ4v) is 4.44. The van der Waals surface area contributed by atoms with Crippen molar-refractivity contribution >= 4 is 31.6 Å². The Hall–Kier alpha value is -0.590. The molecule has 2 N–H and O–H groups in total. The van der Waals surface area contributed by atoms with E-state index >= 15 is 0 Å². The quantitative estimate of drug-likeness (QED) is 0.855. The highest BCUT2D eigenvalue weighted by Gasteiger charge is 2.30. The highest BCUT2D eigenvalue weighted by Crippen LogP contribution is 2.29. The Morgan fingerprint density at radius 3 is 2.47 bits per heavy atom. The summed E-state index contributed by atoms with van der Waals surface area (Å²) >= 11 is 3.29. The van der Waals surface area contributed by atoms with E-state index in [1.807, 2.05) is 0 Å². The topological polar surface area (TPSA) is 63.4 Å². The van der Waals surface area contributed by atoms with Crippen LogP contribution in [0, 0.1) is 0 Å².